The molecule has 0 spiro atoms. The molecule has 1 amide bonds. The molecule has 1 aromatic rings. The fraction of sp³-hybridized carbons (Fsp3) is 0.462. The Bertz CT molecular complexity index is 609. The van der Waals surface area contributed by atoms with Gasteiger partial charge in [-0.1, -0.05) is 6.07 Å². The Kier molecular flexibility index (Phi) is 4.36. The number of hydrogen-bond donors (Lipinski definition) is 1. The largest absolute Gasteiger partial charge is 0.379 e. The minimum atomic E-state index is -3.84. The van der Waals surface area contributed by atoms with Crippen molar-refractivity contribution in [3.05, 3.63) is 29.8 Å². The quantitative estimate of drug-likeness (QED) is 0.864. The summed E-state index contributed by atoms with van der Waals surface area (Å²) in [4.78, 5) is 12.1. The first-order valence-corrected chi connectivity index (χ1v) is 8.56. The summed E-state index contributed by atoms with van der Waals surface area (Å²) in [5, 5.41) is 2.89. The van der Waals surface area contributed by atoms with Gasteiger partial charge in [0.1, 0.15) is 0 Å². The number of halogens is 1. The van der Waals surface area contributed by atoms with Crippen molar-refractivity contribution in [2.24, 2.45) is 0 Å². The third-order valence-electron chi connectivity index (χ3n) is 3.23. The molecule has 110 valence electrons. The van der Waals surface area contributed by atoms with Crippen LogP contribution in [-0.4, -0.2) is 33.1 Å². The first-order valence-electron chi connectivity index (χ1n) is 6.25. The highest BCUT2D eigenvalue weighted by atomic mass is 35.7. The molecule has 0 saturated carbocycles. The normalized spacial score (nSPS) is 23.3. The maximum atomic E-state index is 12.2. The number of nitrogens with one attached hydrogen (secondary N) is 1. The van der Waals surface area contributed by atoms with Gasteiger partial charge in [-0.05, 0) is 38.0 Å². The standard InChI is InChI=1S/C13H16ClNO4S/c1-13(6-3-7-19-9-13)15-12(16)10-4-2-5-11(8-10)20(14,17)18/h2,4-5,8H,3,6-7,9H2,1H3,(H,15,16). The fourth-order valence-corrected chi connectivity index (χ4v) is 2.96. The van der Waals surface area contributed by atoms with Crippen LogP contribution in [-0.2, 0) is 13.8 Å². The van der Waals surface area contributed by atoms with Gasteiger partial charge >= 0.3 is 0 Å². The molecule has 1 fully saturated rings. The topological polar surface area (TPSA) is 72.5 Å². The predicted octanol–water partition coefficient (Wildman–Crippen LogP) is 1.91. The summed E-state index contributed by atoms with van der Waals surface area (Å²) in [6.07, 6.45) is 1.71. The lowest BCUT2D eigenvalue weighted by Gasteiger charge is -2.34. The second-order valence-corrected chi connectivity index (χ2v) is 7.70. The van der Waals surface area contributed by atoms with Gasteiger partial charge in [-0.15, -0.1) is 0 Å². The van der Waals surface area contributed by atoms with Crippen LogP contribution in [0.2, 0.25) is 0 Å². The van der Waals surface area contributed by atoms with Crippen LogP contribution in [0.5, 0.6) is 0 Å². The van der Waals surface area contributed by atoms with Crippen molar-refractivity contribution in [3.63, 3.8) is 0 Å². The fourth-order valence-electron chi connectivity index (χ4n) is 2.17. The Labute approximate surface area is 122 Å². The van der Waals surface area contributed by atoms with Crippen molar-refractivity contribution < 1.29 is 17.9 Å². The molecule has 0 bridgehead atoms. The Morgan fingerprint density at radius 1 is 1.45 bits per heavy atom. The van der Waals surface area contributed by atoms with Crippen LogP contribution in [0.4, 0.5) is 0 Å². The molecule has 5 nitrogen and oxygen atoms in total. The molecule has 1 aromatic carbocycles. The van der Waals surface area contributed by atoms with E-state index in [1.54, 1.807) is 6.07 Å². The van der Waals surface area contributed by atoms with Crippen LogP contribution < -0.4 is 5.32 Å². The van der Waals surface area contributed by atoms with Gasteiger partial charge in [0.05, 0.1) is 17.0 Å². The SMILES string of the molecule is CC1(NC(=O)c2cccc(S(=O)(=O)Cl)c2)CCCOC1. The number of carbonyl (C=O) groups is 1. The van der Waals surface area contributed by atoms with Gasteiger partial charge in [-0.3, -0.25) is 4.79 Å². The second kappa shape index (κ2) is 5.71. The van der Waals surface area contributed by atoms with Gasteiger partial charge in [-0.2, -0.15) is 0 Å². The molecule has 1 atom stereocenters. The molecular weight excluding hydrogens is 302 g/mol. The summed E-state index contributed by atoms with van der Waals surface area (Å²) < 4.78 is 27.9. The number of hydrogen-bond acceptors (Lipinski definition) is 4. The molecule has 1 aliphatic rings. The van der Waals surface area contributed by atoms with E-state index in [2.05, 4.69) is 5.32 Å². The van der Waals surface area contributed by atoms with Gasteiger partial charge in [0.2, 0.25) is 0 Å². The zero-order valence-electron chi connectivity index (χ0n) is 11.1. The molecular formula is C13H16ClNO4S. The van der Waals surface area contributed by atoms with Crippen LogP contribution in [0.3, 0.4) is 0 Å². The van der Waals surface area contributed by atoms with Gasteiger partial charge in [-0.25, -0.2) is 8.42 Å². The molecule has 1 heterocycles. The first kappa shape index (κ1) is 15.3. The van der Waals surface area contributed by atoms with E-state index in [4.69, 9.17) is 15.4 Å². The molecule has 1 unspecified atom stereocenters. The van der Waals surface area contributed by atoms with E-state index in [1.165, 1.54) is 18.2 Å². The molecule has 0 radical (unpaired) electrons. The summed E-state index contributed by atoms with van der Waals surface area (Å²) in [7, 11) is 1.44. The Morgan fingerprint density at radius 3 is 2.80 bits per heavy atom. The van der Waals surface area contributed by atoms with Crippen molar-refractivity contribution >= 4 is 25.6 Å². The molecule has 1 aliphatic heterocycles. The number of carbonyl (C=O) groups excluding carboxylic acids is 1. The van der Waals surface area contributed by atoms with E-state index < -0.39 is 14.6 Å². The average molecular weight is 318 g/mol. The minimum absolute atomic E-state index is 0.0862. The van der Waals surface area contributed by atoms with Crippen molar-refractivity contribution in [3.8, 4) is 0 Å². The van der Waals surface area contributed by atoms with E-state index in [9.17, 15) is 13.2 Å². The van der Waals surface area contributed by atoms with E-state index in [0.717, 1.165) is 12.8 Å². The lowest BCUT2D eigenvalue weighted by Crippen LogP contribution is -2.51. The van der Waals surface area contributed by atoms with Gasteiger partial charge in [0, 0.05) is 22.9 Å². The number of amides is 1. The van der Waals surface area contributed by atoms with E-state index in [-0.39, 0.29) is 16.4 Å². The van der Waals surface area contributed by atoms with Crippen LogP contribution in [0, 0.1) is 0 Å². The zero-order valence-corrected chi connectivity index (χ0v) is 12.6. The third-order valence-corrected chi connectivity index (χ3v) is 4.58. The van der Waals surface area contributed by atoms with Crippen molar-refractivity contribution in [2.45, 2.75) is 30.2 Å². The molecule has 1 saturated heterocycles. The molecule has 1 N–H and O–H groups in total. The van der Waals surface area contributed by atoms with Gasteiger partial charge in [0.15, 0.2) is 0 Å². The van der Waals surface area contributed by atoms with Crippen molar-refractivity contribution in [1.82, 2.24) is 5.32 Å². The monoisotopic (exact) mass is 317 g/mol. The molecule has 2 rings (SSSR count). The highest BCUT2D eigenvalue weighted by Crippen LogP contribution is 2.20. The van der Waals surface area contributed by atoms with E-state index in [1.807, 2.05) is 6.92 Å². The summed E-state index contributed by atoms with van der Waals surface area (Å²) in [5.74, 6) is -0.333. The lowest BCUT2D eigenvalue weighted by atomic mass is 9.94. The lowest BCUT2D eigenvalue weighted by molar-refractivity contribution is 0.0272. The van der Waals surface area contributed by atoms with Crippen LogP contribution in [0.15, 0.2) is 29.2 Å². The highest BCUT2D eigenvalue weighted by Gasteiger charge is 2.29. The Balaban J connectivity index is 2.17. The molecule has 0 aliphatic carbocycles. The van der Waals surface area contributed by atoms with Crippen LogP contribution in [0.1, 0.15) is 30.1 Å². The van der Waals surface area contributed by atoms with Gasteiger partial charge < -0.3 is 10.1 Å². The second-order valence-electron chi connectivity index (χ2n) is 5.14. The minimum Gasteiger partial charge on any atom is -0.379 e. The number of benzene rings is 1. The molecule has 0 aromatic heterocycles. The Morgan fingerprint density at radius 2 is 2.20 bits per heavy atom. The average Bonchev–Trinajstić information content (AvgIpc) is 2.38. The first-order chi connectivity index (χ1) is 9.30. The predicted molar refractivity (Wildman–Crippen MR) is 75.4 cm³/mol. The Hall–Kier alpha value is -1.11. The van der Waals surface area contributed by atoms with Crippen molar-refractivity contribution in [2.75, 3.05) is 13.2 Å². The highest BCUT2D eigenvalue weighted by molar-refractivity contribution is 8.13. The maximum Gasteiger partial charge on any atom is 0.261 e. The summed E-state index contributed by atoms with van der Waals surface area (Å²) in [6, 6.07) is 5.66. The van der Waals surface area contributed by atoms with Gasteiger partial charge in [0.25, 0.3) is 15.0 Å². The molecule has 7 heteroatoms. The summed E-state index contributed by atoms with van der Waals surface area (Å²) in [5.41, 5.74) is -0.163. The van der Waals surface area contributed by atoms with Crippen LogP contribution >= 0.6 is 10.7 Å². The van der Waals surface area contributed by atoms with E-state index in [0.29, 0.717) is 13.2 Å². The third kappa shape index (κ3) is 3.71. The zero-order chi connectivity index (χ0) is 14.8. The smallest absolute Gasteiger partial charge is 0.261 e. The number of ether oxygens (including phenoxy) is 1. The number of rotatable bonds is 3. The summed E-state index contributed by atoms with van der Waals surface area (Å²) >= 11 is 0. The van der Waals surface area contributed by atoms with Crippen LogP contribution in [0.25, 0.3) is 0 Å². The summed E-state index contributed by atoms with van der Waals surface area (Å²) in [6.45, 7) is 3.06. The van der Waals surface area contributed by atoms with E-state index >= 15 is 0 Å². The van der Waals surface area contributed by atoms with Crippen molar-refractivity contribution in [1.29, 1.82) is 0 Å². The molecule has 20 heavy (non-hydrogen) atoms. The maximum absolute atomic E-state index is 12.2.